The number of esters is 1. The number of fused-ring (bicyclic) bond motifs is 1. The number of aromatic nitrogens is 3. The number of carbonyl (C=O) groups is 4. The number of hydrogen-bond acceptors (Lipinski definition) is 8. The fourth-order valence-corrected chi connectivity index (χ4v) is 5.12. The molecule has 0 saturated carbocycles. The van der Waals surface area contributed by atoms with Crippen molar-refractivity contribution in [2.75, 3.05) is 27.3 Å². The Morgan fingerprint density at radius 3 is 2.41 bits per heavy atom. The molecule has 0 saturated heterocycles. The first kappa shape index (κ1) is 32.2. The number of carbonyl (C=O) groups excluding carboxylic acids is 4. The molecule has 3 aromatic rings. The van der Waals surface area contributed by atoms with E-state index in [1.165, 1.54) is 26.4 Å². The highest BCUT2D eigenvalue weighted by Gasteiger charge is 2.27. The highest BCUT2D eigenvalue weighted by Crippen LogP contribution is 2.22. The topological polar surface area (TPSA) is 145 Å². The van der Waals surface area contributed by atoms with E-state index in [1.807, 2.05) is 51.1 Å². The average molecular weight is 605 g/mol. The van der Waals surface area contributed by atoms with E-state index >= 15 is 0 Å². The third kappa shape index (κ3) is 8.00. The molecule has 2 N–H and O–H groups in total. The second-order valence-corrected chi connectivity index (χ2v) is 11.2. The lowest BCUT2D eigenvalue weighted by molar-refractivity contribution is -0.129. The predicted octanol–water partition coefficient (Wildman–Crippen LogP) is 3.38. The van der Waals surface area contributed by atoms with Crippen LogP contribution in [0.3, 0.4) is 0 Å². The number of methoxy groups -OCH3 is 2. The third-order valence-corrected chi connectivity index (χ3v) is 7.35. The van der Waals surface area contributed by atoms with Crippen molar-refractivity contribution in [3.8, 4) is 17.1 Å². The van der Waals surface area contributed by atoms with Gasteiger partial charge in [-0.3, -0.25) is 14.4 Å². The van der Waals surface area contributed by atoms with E-state index in [9.17, 15) is 19.2 Å². The van der Waals surface area contributed by atoms with Crippen molar-refractivity contribution >= 4 is 23.7 Å². The number of nitrogens with one attached hydrogen (secondary N) is 2. The Labute approximate surface area is 257 Å². The van der Waals surface area contributed by atoms with Crippen LogP contribution in [0.25, 0.3) is 11.4 Å². The van der Waals surface area contributed by atoms with Crippen molar-refractivity contribution in [1.29, 1.82) is 0 Å². The monoisotopic (exact) mass is 604 g/mol. The number of hydrogen-bond donors (Lipinski definition) is 2. The second-order valence-electron chi connectivity index (χ2n) is 11.2. The van der Waals surface area contributed by atoms with Gasteiger partial charge in [-0.25, -0.2) is 14.5 Å². The van der Waals surface area contributed by atoms with Gasteiger partial charge in [-0.1, -0.05) is 44.2 Å². The minimum atomic E-state index is -0.718. The molecular weight excluding hydrogens is 564 g/mol. The number of ether oxygens (including phenoxy) is 2. The van der Waals surface area contributed by atoms with Gasteiger partial charge < -0.3 is 25.0 Å². The Hall–Kier alpha value is -4.74. The van der Waals surface area contributed by atoms with Gasteiger partial charge in [0.15, 0.2) is 5.82 Å². The fraction of sp³-hybridized carbons (Fsp3) is 0.438. The molecule has 0 spiro atoms. The van der Waals surface area contributed by atoms with Crippen LogP contribution in [0.2, 0.25) is 0 Å². The van der Waals surface area contributed by atoms with Crippen molar-refractivity contribution in [1.82, 2.24) is 30.3 Å². The van der Waals surface area contributed by atoms with E-state index in [4.69, 9.17) is 19.6 Å². The van der Waals surface area contributed by atoms with E-state index < -0.39 is 18.1 Å². The van der Waals surface area contributed by atoms with Crippen LogP contribution >= 0.6 is 0 Å². The molecule has 12 heteroatoms. The lowest BCUT2D eigenvalue weighted by Crippen LogP contribution is -2.48. The number of nitrogens with zero attached hydrogens (tertiary/aromatic N) is 4. The summed E-state index contributed by atoms with van der Waals surface area (Å²) in [5.41, 5.74) is 1.24. The van der Waals surface area contributed by atoms with E-state index in [0.29, 0.717) is 30.2 Å². The number of benzene rings is 2. The summed E-state index contributed by atoms with van der Waals surface area (Å²) in [6, 6.07) is 12.8. The fourth-order valence-electron chi connectivity index (χ4n) is 5.12. The van der Waals surface area contributed by atoms with Crippen LogP contribution in [0.4, 0.5) is 0 Å². The van der Waals surface area contributed by atoms with Crippen LogP contribution < -0.4 is 15.4 Å². The predicted molar refractivity (Wildman–Crippen MR) is 163 cm³/mol. The first-order valence-corrected chi connectivity index (χ1v) is 14.8. The molecule has 0 unspecified atom stereocenters. The quantitative estimate of drug-likeness (QED) is 0.408. The molecule has 1 aromatic heterocycles. The molecule has 2 atom stereocenters. The Balaban J connectivity index is 1.71. The first-order valence-electron chi connectivity index (χ1n) is 14.8. The number of rotatable bonds is 6. The Morgan fingerprint density at radius 2 is 1.73 bits per heavy atom. The summed E-state index contributed by atoms with van der Waals surface area (Å²) in [4.78, 5) is 58.8. The third-order valence-electron chi connectivity index (χ3n) is 7.35. The van der Waals surface area contributed by atoms with Gasteiger partial charge in [0.1, 0.15) is 17.6 Å². The molecule has 0 fully saturated rings. The van der Waals surface area contributed by atoms with Crippen molar-refractivity contribution in [3.05, 3.63) is 65.5 Å². The van der Waals surface area contributed by atoms with Gasteiger partial charge in [-0.05, 0) is 43.9 Å². The summed E-state index contributed by atoms with van der Waals surface area (Å²) in [5, 5.41) is 10.6. The zero-order valence-corrected chi connectivity index (χ0v) is 25.8. The van der Waals surface area contributed by atoms with E-state index in [0.717, 1.165) is 5.56 Å². The summed E-state index contributed by atoms with van der Waals surface area (Å²) < 4.78 is 11.9. The van der Waals surface area contributed by atoms with Crippen LogP contribution in [0.5, 0.6) is 5.75 Å². The Morgan fingerprint density at radius 1 is 1.00 bits per heavy atom. The smallest absolute Gasteiger partial charge is 0.338 e. The zero-order valence-electron chi connectivity index (χ0n) is 25.8. The lowest BCUT2D eigenvalue weighted by Gasteiger charge is -2.26. The van der Waals surface area contributed by atoms with Gasteiger partial charge in [0.2, 0.25) is 11.8 Å². The van der Waals surface area contributed by atoms with Gasteiger partial charge >= 0.3 is 5.97 Å². The molecule has 234 valence electrons. The summed E-state index contributed by atoms with van der Waals surface area (Å²) in [7, 11) is 2.72. The van der Waals surface area contributed by atoms with Gasteiger partial charge in [0.05, 0.1) is 32.4 Å². The SMILES string of the molecule is COC(=O)c1cc(OC)cc(C(=O)N2CCCC(=O)N[C@H](CC(C)C)C(=O)N[C@H](C)c3nc(-c4ccccc4)nn3CC2)c1. The molecule has 2 heterocycles. The Kier molecular flexibility index (Phi) is 10.7. The molecule has 2 aromatic carbocycles. The Bertz CT molecular complexity index is 1490. The summed E-state index contributed by atoms with van der Waals surface area (Å²) in [5.74, 6) is 0.0189. The molecule has 12 nitrogen and oxygen atoms in total. The molecular formula is C32H40N6O6. The van der Waals surface area contributed by atoms with E-state index in [-0.39, 0.29) is 60.8 Å². The zero-order chi connectivity index (χ0) is 31.8. The summed E-state index contributed by atoms with van der Waals surface area (Å²) in [6.07, 6.45) is 0.950. The number of amides is 3. The van der Waals surface area contributed by atoms with Crippen LogP contribution in [-0.4, -0.2) is 76.7 Å². The van der Waals surface area contributed by atoms with Crippen molar-refractivity contribution < 1.29 is 28.7 Å². The highest BCUT2D eigenvalue weighted by molar-refractivity contribution is 5.98. The van der Waals surface area contributed by atoms with Crippen LogP contribution in [0.15, 0.2) is 48.5 Å². The summed E-state index contributed by atoms with van der Waals surface area (Å²) in [6.45, 7) is 6.56. The lowest BCUT2D eigenvalue weighted by atomic mass is 10.0. The molecule has 0 aliphatic carbocycles. The molecule has 0 radical (unpaired) electrons. The molecule has 3 amide bonds. The maximum atomic E-state index is 13.9. The molecule has 1 aliphatic rings. The van der Waals surface area contributed by atoms with Crippen molar-refractivity contribution in [2.24, 2.45) is 5.92 Å². The van der Waals surface area contributed by atoms with Gasteiger partial charge in [-0.15, -0.1) is 0 Å². The van der Waals surface area contributed by atoms with E-state index in [2.05, 4.69) is 10.6 Å². The molecule has 0 bridgehead atoms. The van der Waals surface area contributed by atoms with Crippen LogP contribution in [0.1, 0.15) is 72.6 Å². The van der Waals surface area contributed by atoms with E-state index in [1.54, 1.807) is 15.6 Å². The first-order chi connectivity index (χ1) is 21.1. The van der Waals surface area contributed by atoms with Crippen molar-refractivity contribution in [3.63, 3.8) is 0 Å². The standard InChI is InChI=1S/C32H40N6O6/c1-20(2)16-26-30(40)33-21(3)29-35-28(22-10-7-6-8-11-22)36-38(29)15-14-37(13-9-12-27(39)34-26)31(41)23-17-24(32(42)44-5)19-25(18-23)43-4/h6-8,10-11,17-21,26H,9,12-16H2,1-5H3,(H,33,40)(H,34,39)/t21-,26-/m1/s1. The summed E-state index contributed by atoms with van der Waals surface area (Å²) >= 11 is 0. The van der Waals surface area contributed by atoms with Gasteiger partial charge in [0, 0.05) is 30.6 Å². The molecule has 1 aliphatic heterocycles. The molecule has 4 rings (SSSR count). The maximum absolute atomic E-state index is 13.9. The van der Waals surface area contributed by atoms with Crippen LogP contribution in [-0.2, 0) is 20.9 Å². The van der Waals surface area contributed by atoms with Gasteiger partial charge in [-0.2, -0.15) is 5.10 Å². The molecule has 44 heavy (non-hydrogen) atoms. The van der Waals surface area contributed by atoms with Crippen LogP contribution in [0, 0.1) is 5.92 Å². The van der Waals surface area contributed by atoms with Gasteiger partial charge in [0.25, 0.3) is 5.91 Å². The minimum absolute atomic E-state index is 0.124. The normalized spacial score (nSPS) is 18.1. The van der Waals surface area contributed by atoms with Crippen molar-refractivity contribution in [2.45, 2.75) is 58.7 Å². The highest BCUT2D eigenvalue weighted by atomic mass is 16.5. The largest absolute Gasteiger partial charge is 0.497 e. The average Bonchev–Trinajstić information content (AvgIpc) is 3.45. The second kappa shape index (κ2) is 14.6. The minimum Gasteiger partial charge on any atom is -0.497 e. The maximum Gasteiger partial charge on any atom is 0.338 e.